The number of aromatic nitrogens is 2. The zero-order valence-corrected chi connectivity index (χ0v) is 11.3. The minimum atomic E-state index is -0.0756. The highest BCUT2D eigenvalue weighted by molar-refractivity contribution is 14.1. The van der Waals surface area contributed by atoms with Gasteiger partial charge in [-0.3, -0.25) is 4.79 Å². The van der Waals surface area contributed by atoms with E-state index in [4.69, 9.17) is 4.74 Å². The van der Waals surface area contributed by atoms with Crippen molar-refractivity contribution in [1.29, 1.82) is 0 Å². The molecule has 4 nitrogen and oxygen atoms in total. The first-order valence-corrected chi connectivity index (χ1v) is 5.89. The lowest BCUT2D eigenvalue weighted by Gasteiger charge is -2.08. The molecule has 0 atom stereocenters. The molecule has 0 aromatic carbocycles. The highest BCUT2D eigenvalue weighted by Gasteiger charge is 2.10. The largest absolute Gasteiger partial charge is 0.377 e. The van der Waals surface area contributed by atoms with Gasteiger partial charge >= 0.3 is 0 Å². The molecule has 1 N–H and O–H groups in total. The van der Waals surface area contributed by atoms with Crippen molar-refractivity contribution in [3.05, 3.63) is 25.4 Å². The van der Waals surface area contributed by atoms with Gasteiger partial charge in [0.15, 0.2) is 0 Å². The Hall–Kier alpha value is -0.430. The van der Waals surface area contributed by atoms with Crippen molar-refractivity contribution < 1.29 is 4.74 Å². The molecule has 0 amide bonds. The summed E-state index contributed by atoms with van der Waals surface area (Å²) in [6.45, 7) is 4.56. The zero-order chi connectivity index (χ0) is 11.4. The number of hydrogen-bond donors (Lipinski definition) is 1. The molecule has 1 heterocycles. The maximum Gasteiger partial charge on any atom is 0.264 e. The summed E-state index contributed by atoms with van der Waals surface area (Å²) in [7, 11) is 1.58. The lowest BCUT2D eigenvalue weighted by Crippen LogP contribution is -2.19. The van der Waals surface area contributed by atoms with E-state index in [1.54, 1.807) is 7.11 Å². The van der Waals surface area contributed by atoms with Gasteiger partial charge in [0, 0.05) is 7.11 Å². The van der Waals surface area contributed by atoms with Crippen molar-refractivity contribution in [2.24, 2.45) is 5.92 Å². The van der Waals surface area contributed by atoms with Crippen LogP contribution in [-0.4, -0.2) is 17.1 Å². The minimum absolute atomic E-state index is 0.0756. The van der Waals surface area contributed by atoms with Crippen molar-refractivity contribution in [1.82, 2.24) is 9.97 Å². The summed E-state index contributed by atoms with van der Waals surface area (Å²) in [6, 6.07) is 0. The van der Waals surface area contributed by atoms with Gasteiger partial charge in [0.25, 0.3) is 5.56 Å². The van der Waals surface area contributed by atoms with Gasteiger partial charge in [0.1, 0.15) is 12.4 Å². The van der Waals surface area contributed by atoms with E-state index in [1.165, 1.54) is 0 Å². The Bertz CT molecular complexity index is 387. The van der Waals surface area contributed by atoms with E-state index in [2.05, 4.69) is 23.8 Å². The number of H-pyrrole nitrogens is 1. The predicted octanol–water partition coefficient (Wildman–Crippen LogP) is 1.72. The van der Waals surface area contributed by atoms with Gasteiger partial charge in [-0.05, 0) is 34.9 Å². The zero-order valence-electron chi connectivity index (χ0n) is 9.13. The highest BCUT2D eigenvalue weighted by atomic mass is 127. The van der Waals surface area contributed by atoms with Gasteiger partial charge in [-0.15, -0.1) is 0 Å². The van der Waals surface area contributed by atoms with Gasteiger partial charge in [-0.1, -0.05) is 13.8 Å². The van der Waals surface area contributed by atoms with Crippen LogP contribution in [-0.2, 0) is 17.8 Å². The number of nitrogens with one attached hydrogen (secondary N) is 1. The van der Waals surface area contributed by atoms with E-state index >= 15 is 0 Å². The highest BCUT2D eigenvalue weighted by Crippen LogP contribution is 2.10. The first-order valence-electron chi connectivity index (χ1n) is 4.81. The molecule has 1 rings (SSSR count). The predicted molar refractivity (Wildman–Crippen MR) is 66.8 cm³/mol. The molecule has 15 heavy (non-hydrogen) atoms. The maximum absolute atomic E-state index is 11.6. The summed E-state index contributed by atoms with van der Waals surface area (Å²) >= 11 is 2.04. The summed E-state index contributed by atoms with van der Waals surface area (Å²) in [4.78, 5) is 18.6. The Morgan fingerprint density at radius 1 is 1.53 bits per heavy atom. The average molecular weight is 322 g/mol. The van der Waals surface area contributed by atoms with Gasteiger partial charge < -0.3 is 9.72 Å². The minimum Gasteiger partial charge on any atom is -0.377 e. The third kappa shape index (κ3) is 3.57. The van der Waals surface area contributed by atoms with Crippen LogP contribution in [0.5, 0.6) is 0 Å². The molecular weight excluding hydrogens is 307 g/mol. The first kappa shape index (κ1) is 12.6. The fourth-order valence-corrected chi connectivity index (χ4v) is 1.76. The van der Waals surface area contributed by atoms with Crippen LogP contribution >= 0.6 is 22.6 Å². The molecule has 84 valence electrons. The molecule has 0 saturated heterocycles. The number of ether oxygens (including phenoxy) is 1. The standard InChI is InChI=1S/C10H15IN2O2/c1-6(2)4-7-9(11)10(14)13-8(12-7)5-15-3/h6H,4-5H2,1-3H3,(H,12,13,14). The summed E-state index contributed by atoms with van der Waals surface area (Å²) in [5.41, 5.74) is 0.787. The smallest absolute Gasteiger partial charge is 0.264 e. The first-order chi connectivity index (χ1) is 7.04. The molecule has 1 aromatic heterocycles. The molecule has 0 bridgehead atoms. The monoisotopic (exact) mass is 322 g/mol. The van der Waals surface area contributed by atoms with E-state index in [-0.39, 0.29) is 5.56 Å². The van der Waals surface area contributed by atoms with E-state index in [0.717, 1.165) is 12.1 Å². The number of aromatic amines is 1. The van der Waals surface area contributed by atoms with E-state index in [1.807, 2.05) is 22.6 Å². The SMILES string of the molecule is COCc1nc(CC(C)C)c(I)c(=O)[nH]1. The van der Waals surface area contributed by atoms with E-state index < -0.39 is 0 Å². The fourth-order valence-electron chi connectivity index (χ4n) is 1.28. The van der Waals surface area contributed by atoms with E-state index in [0.29, 0.717) is 21.9 Å². The van der Waals surface area contributed by atoms with Crippen molar-refractivity contribution in [2.75, 3.05) is 7.11 Å². The third-order valence-corrected chi connectivity index (χ3v) is 2.98. The topological polar surface area (TPSA) is 55.0 Å². The van der Waals surface area contributed by atoms with Crippen LogP contribution < -0.4 is 5.56 Å². The normalized spacial score (nSPS) is 11.0. The molecule has 5 heteroatoms. The Morgan fingerprint density at radius 3 is 2.73 bits per heavy atom. The summed E-state index contributed by atoms with van der Waals surface area (Å²) in [5, 5.41) is 0. The Balaban J connectivity index is 3.07. The van der Waals surface area contributed by atoms with Crippen molar-refractivity contribution in [3.63, 3.8) is 0 Å². The van der Waals surface area contributed by atoms with Crippen molar-refractivity contribution in [2.45, 2.75) is 26.9 Å². The number of rotatable bonds is 4. The molecule has 0 aliphatic heterocycles. The second-order valence-corrected chi connectivity index (χ2v) is 4.88. The van der Waals surface area contributed by atoms with Crippen LogP contribution in [0, 0.1) is 9.49 Å². The molecule has 0 fully saturated rings. The van der Waals surface area contributed by atoms with Gasteiger partial charge in [0.2, 0.25) is 0 Å². The molecule has 0 aliphatic rings. The number of nitrogens with zero attached hydrogens (tertiary/aromatic N) is 1. The number of halogens is 1. The average Bonchev–Trinajstić information content (AvgIpc) is 2.13. The quantitative estimate of drug-likeness (QED) is 0.859. The van der Waals surface area contributed by atoms with Crippen LogP contribution in [0.25, 0.3) is 0 Å². The Labute approximate surface area is 103 Å². The number of hydrogen-bond acceptors (Lipinski definition) is 3. The van der Waals surface area contributed by atoms with Gasteiger partial charge in [0.05, 0.1) is 9.26 Å². The Kier molecular flexibility index (Phi) is 4.72. The van der Waals surface area contributed by atoms with Crippen LogP contribution in [0.15, 0.2) is 4.79 Å². The van der Waals surface area contributed by atoms with E-state index in [9.17, 15) is 4.79 Å². The lowest BCUT2D eigenvalue weighted by molar-refractivity contribution is 0.177. The maximum atomic E-state index is 11.6. The molecule has 0 aliphatic carbocycles. The second kappa shape index (κ2) is 5.60. The van der Waals surface area contributed by atoms with Crippen molar-refractivity contribution >= 4 is 22.6 Å². The van der Waals surface area contributed by atoms with Gasteiger partial charge in [-0.25, -0.2) is 4.98 Å². The van der Waals surface area contributed by atoms with Crippen LogP contribution in [0.2, 0.25) is 0 Å². The third-order valence-electron chi connectivity index (χ3n) is 1.86. The van der Waals surface area contributed by atoms with Crippen LogP contribution in [0.3, 0.4) is 0 Å². The lowest BCUT2D eigenvalue weighted by atomic mass is 10.1. The Morgan fingerprint density at radius 2 is 2.20 bits per heavy atom. The molecular formula is C10H15IN2O2. The summed E-state index contributed by atoms with van der Waals surface area (Å²) in [6.07, 6.45) is 0.818. The van der Waals surface area contributed by atoms with Crippen LogP contribution in [0.4, 0.5) is 0 Å². The van der Waals surface area contributed by atoms with Crippen LogP contribution in [0.1, 0.15) is 25.4 Å². The van der Waals surface area contributed by atoms with Crippen molar-refractivity contribution in [3.8, 4) is 0 Å². The number of methoxy groups -OCH3 is 1. The fraction of sp³-hybridized carbons (Fsp3) is 0.600. The molecule has 1 aromatic rings. The van der Waals surface area contributed by atoms with Gasteiger partial charge in [-0.2, -0.15) is 0 Å². The summed E-state index contributed by atoms with van der Waals surface area (Å²) < 4.78 is 5.63. The summed E-state index contributed by atoms with van der Waals surface area (Å²) in [5.74, 6) is 1.08. The molecule has 0 unspecified atom stereocenters. The molecule has 0 saturated carbocycles. The second-order valence-electron chi connectivity index (χ2n) is 3.80. The molecule has 0 radical (unpaired) electrons. The molecule has 0 spiro atoms.